The van der Waals surface area contributed by atoms with Crippen LogP contribution in [0.4, 0.5) is 0 Å². The zero-order valence-electron chi connectivity index (χ0n) is 12.0. The number of aliphatic carboxylic acids is 1. The lowest BCUT2D eigenvalue weighted by Gasteiger charge is -2.21. The summed E-state index contributed by atoms with van der Waals surface area (Å²) in [6, 6.07) is 7.81. The van der Waals surface area contributed by atoms with E-state index in [4.69, 9.17) is 10.2 Å². The van der Waals surface area contributed by atoms with E-state index in [1.165, 1.54) is 5.56 Å². The third-order valence-electron chi connectivity index (χ3n) is 3.05. The van der Waals surface area contributed by atoms with Crippen molar-refractivity contribution in [2.45, 2.75) is 26.3 Å². The summed E-state index contributed by atoms with van der Waals surface area (Å²) in [5.41, 5.74) is 2.04. The fourth-order valence-electron chi connectivity index (χ4n) is 1.95. The van der Waals surface area contributed by atoms with E-state index in [0.717, 1.165) is 37.6 Å². The standard InChI is InChI=1S/C16H23NO3/c1-2-3-10-17(11-12-18)13-15-6-4-14(5-7-15)8-9-16(19)20/h4-9,18H,2-3,10-13H2,1H3,(H,19,20). The Morgan fingerprint density at radius 1 is 1.25 bits per heavy atom. The Bertz CT molecular complexity index is 426. The predicted octanol–water partition coefficient (Wildman–Crippen LogP) is 2.38. The number of hydrogen-bond donors (Lipinski definition) is 2. The highest BCUT2D eigenvalue weighted by atomic mass is 16.4. The maximum atomic E-state index is 10.4. The van der Waals surface area contributed by atoms with E-state index in [9.17, 15) is 4.79 Å². The zero-order valence-corrected chi connectivity index (χ0v) is 12.0. The molecule has 1 aromatic carbocycles. The molecular weight excluding hydrogens is 254 g/mol. The predicted molar refractivity (Wildman–Crippen MR) is 80.4 cm³/mol. The van der Waals surface area contributed by atoms with E-state index in [0.29, 0.717) is 6.54 Å². The van der Waals surface area contributed by atoms with E-state index in [-0.39, 0.29) is 6.61 Å². The lowest BCUT2D eigenvalue weighted by Crippen LogP contribution is -2.27. The molecule has 4 heteroatoms. The summed E-state index contributed by atoms with van der Waals surface area (Å²) >= 11 is 0. The SMILES string of the molecule is CCCCN(CCO)Cc1ccc(C=CC(=O)O)cc1. The lowest BCUT2D eigenvalue weighted by atomic mass is 10.1. The summed E-state index contributed by atoms with van der Waals surface area (Å²) in [5.74, 6) is -0.942. The number of aliphatic hydroxyl groups excluding tert-OH is 1. The maximum absolute atomic E-state index is 10.4. The molecule has 0 aromatic heterocycles. The summed E-state index contributed by atoms with van der Waals surface area (Å²) in [4.78, 5) is 12.7. The highest BCUT2D eigenvalue weighted by Gasteiger charge is 2.04. The van der Waals surface area contributed by atoms with Crippen LogP contribution >= 0.6 is 0 Å². The third kappa shape index (κ3) is 6.50. The van der Waals surface area contributed by atoms with Crippen LogP contribution in [0.2, 0.25) is 0 Å². The molecule has 20 heavy (non-hydrogen) atoms. The minimum Gasteiger partial charge on any atom is -0.478 e. The normalized spacial score (nSPS) is 11.3. The van der Waals surface area contributed by atoms with Crippen molar-refractivity contribution in [1.82, 2.24) is 4.90 Å². The van der Waals surface area contributed by atoms with Gasteiger partial charge < -0.3 is 10.2 Å². The summed E-state index contributed by atoms with van der Waals surface area (Å²) < 4.78 is 0. The number of rotatable bonds is 9. The van der Waals surface area contributed by atoms with Crippen LogP contribution in [-0.2, 0) is 11.3 Å². The molecule has 2 N–H and O–H groups in total. The monoisotopic (exact) mass is 277 g/mol. The minimum absolute atomic E-state index is 0.170. The Kier molecular flexibility index (Phi) is 7.62. The van der Waals surface area contributed by atoms with E-state index >= 15 is 0 Å². The first-order valence-electron chi connectivity index (χ1n) is 6.99. The number of carbonyl (C=O) groups is 1. The van der Waals surface area contributed by atoms with Crippen molar-refractivity contribution in [3.63, 3.8) is 0 Å². The highest BCUT2D eigenvalue weighted by Crippen LogP contribution is 2.09. The molecule has 0 saturated carbocycles. The third-order valence-corrected chi connectivity index (χ3v) is 3.05. The first kappa shape index (κ1) is 16.4. The molecule has 0 aliphatic heterocycles. The van der Waals surface area contributed by atoms with Gasteiger partial charge in [-0.2, -0.15) is 0 Å². The fourth-order valence-corrected chi connectivity index (χ4v) is 1.95. The van der Waals surface area contributed by atoms with Crippen molar-refractivity contribution in [1.29, 1.82) is 0 Å². The summed E-state index contributed by atoms with van der Waals surface area (Å²) in [5, 5.41) is 17.6. The van der Waals surface area contributed by atoms with Crippen LogP contribution in [0.15, 0.2) is 30.3 Å². The van der Waals surface area contributed by atoms with Gasteiger partial charge in [-0.05, 0) is 30.2 Å². The molecule has 0 unspecified atom stereocenters. The number of carboxylic acid groups (broad SMARTS) is 1. The lowest BCUT2D eigenvalue weighted by molar-refractivity contribution is -0.131. The van der Waals surface area contributed by atoms with Crippen LogP contribution in [-0.4, -0.2) is 40.8 Å². The molecule has 0 aliphatic rings. The molecular formula is C16H23NO3. The highest BCUT2D eigenvalue weighted by molar-refractivity contribution is 5.85. The quantitative estimate of drug-likeness (QED) is 0.680. The van der Waals surface area contributed by atoms with Crippen molar-refractivity contribution >= 4 is 12.0 Å². The topological polar surface area (TPSA) is 60.8 Å². The van der Waals surface area contributed by atoms with E-state index in [1.54, 1.807) is 6.08 Å². The van der Waals surface area contributed by atoms with E-state index in [1.807, 2.05) is 24.3 Å². The van der Waals surface area contributed by atoms with Gasteiger partial charge in [0, 0.05) is 19.2 Å². The second-order valence-corrected chi connectivity index (χ2v) is 4.77. The Hall–Kier alpha value is -1.65. The molecule has 0 bridgehead atoms. The van der Waals surface area contributed by atoms with Gasteiger partial charge >= 0.3 is 5.97 Å². The van der Waals surface area contributed by atoms with Gasteiger partial charge in [-0.3, -0.25) is 4.90 Å². The fraction of sp³-hybridized carbons (Fsp3) is 0.438. The van der Waals surface area contributed by atoms with Crippen molar-refractivity contribution in [2.75, 3.05) is 19.7 Å². The van der Waals surface area contributed by atoms with Gasteiger partial charge in [0.2, 0.25) is 0 Å². The Labute approximate surface area is 120 Å². The molecule has 0 saturated heterocycles. The number of benzene rings is 1. The zero-order chi connectivity index (χ0) is 14.8. The van der Waals surface area contributed by atoms with Gasteiger partial charge in [-0.1, -0.05) is 37.6 Å². The molecule has 0 radical (unpaired) electrons. The minimum atomic E-state index is -0.942. The number of hydrogen-bond acceptors (Lipinski definition) is 3. The van der Waals surface area contributed by atoms with Gasteiger partial charge in [0.25, 0.3) is 0 Å². The van der Waals surface area contributed by atoms with Crippen molar-refractivity contribution < 1.29 is 15.0 Å². The van der Waals surface area contributed by atoms with Gasteiger partial charge in [-0.15, -0.1) is 0 Å². The molecule has 0 amide bonds. The average Bonchev–Trinajstić information content (AvgIpc) is 2.44. The number of aliphatic hydroxyl groups is 1. The molecule has 0 spiro atoms. The van der Waals surface area contributed by atoms with E-state index in [2.05, 4.69) is 11.8 Å². The first-order chi connectivity index (χ1) is 9.65. The Morgan fingerprint density at radius 2 is 1.95 bits per heavy atom. The van der Waals surface area contributed by atoms with Crippen LogP contribution in [0.3, 0.4) is 0 Å². The number of unbranched alkanes of at least 4 members (excludes halogenated alkanes) is 1. The molecule has 4 nitrogen and oxygen atoms in total. The molecule has 0 heterocycles. The smallest absolute Gasteiger partial charge is 0.328 e. The maximum Gasteiger partial charge on any atom is 0.328 e. The van der Waals surface area contributed by atoms with Crippen molar-refractivity contribution in [3.8, 4) is 0 Å². The van der Waals surface area contributed by atoms with Crippen LogP contribution in [0.1, 0.15) is 30.9 Å². The molecule has 0 atom stereocenters. The second-order valence-electron chi connectivity index (χ2n) is 4.77. The summed E-state index contributed by atoms with van der Waals surface area (Å²) in [6.45, 7) is 4.80. The van der Waals surface area contributed by atoms with Crippen LogP contribution in [0.5, 0.6) is 0 Å². The summed E-state index contributed by atoms with van der Waals surface area (Å²) in [7, 11) is 0. The summed E-state index contributed by atoms with van der Waals surface area (Å²) in [6.07, 6.45) is 4.98. The first-order valence-corrected chi connectivity index (χ1v) is 6.99. The Morgan fingerprint density at radius 3 is 2.50 bits per heavy atom. The second kappa shape index (κ2) is 9.28. The van der Waals surface area contributed by atoms with Gasteiger partial charge in [0.1, 0.15) is 0 Å². The Balaban J connectivity index is 2.59. The molecule has 0 aliphatic carbocycles. The van der Waals surface area contributed by atoms with Crippen LogP contribution in [0.25, 0.3) is 6.08 Å². The number of nitrogens with zero attached hydrogens (tertiary/aromatic N) is 1. The largest absolute Gasteiger partial charge is 0.478 e. The van der Waals surface area contributed by atoms with Gasteiger partial charge in [0.15, 0.2) is 0 Å². The van der Waals surface area contributed by atoms with Gasteiger partial charge in [0.05, 0.1) is 6.61 Å². The number of carboxylic acids is 1. The van der Waals surface area contributed by atoms with E-state index < -0.39 is 5.97 Å². The molecule has 1 rings (SSSR count). The van der Waals surface area contributed by atoms with Crippen molar-refractivity contribution in [2.24, 2.45) is 0 Å². The van der Waals surface area contributed by atoms with Crippen molar-refractivity contribution in [3.05, 3.63) is 41.5 Å². The van der Waals surface area contributed by atoms with Crippen LogP contribution < -0.4 is 0 Å². The molecule has 1 aromatic rings. The molecule has 110 valence electrons. The average molecular weight is 277 g/mol. The molecule has 0 fully saturated rings. The van der Waals surface area contributed by atoms with Gasteiger partial charge in [-0.25, -0.2) is 4.79 Å². The van der Waals surface area contributed by atoms with Crippen LogP contribution in [0, 0.1) is 0 Å².